The molecular weight excluding hydrogens is 278 g/mol. The third-order valence-corrected chi connectivity index (χ3v) is 4.45. The van der Waals surface area contributed by atoms with Crippen LogP contribution in [0.15, 0.2) is 24.3 Å². The van der Waals surface area contributed by atoms with Crippen LogP contribution >= 0.6 is 0 Å². The van der Waals surface area contributed by atoms with Crippen LogP contribution in [-0.4, -0.2) is 30.8 Å². The summed E-state index contributed by atoms with van der Waals surface area (Å²) in [6.07, 6.45) is 2.28. The fourth-order valence-corrected chi connectivity index (χ4v) is 3.85. The first kappa shape index (κ1) is 16.8. The Labute approximate surface area is 132 Å². The maximum atomic E-state index is 12.3. The van der Waals surface area contributed by atoms with Crippen LogP contribution in [0.3, 0.4) is 0 Å². The first-order chi connectivity index (χ1) is 10.2. The lowest BCUT2D eigenvalue weighted by molar-refractivity contribution is -0.00839. The van der Waals surface area contributed by atoms with E-state index >= 15 is 0 Å². The number of hydrogen-bond donors (Lipinski definition) is 2. The Kier molecular flexibility index (Phi) is 4.81. The summed E-state index contributed by atoms with van der Waals surface area (Å²) in [5, 5.41) is 13.1. The average Bonchev–Trinajstić information content (AvgIpc) is 2.42. The molecule has 1 aromatic rings. The van der Waals surface area contributed by atoms with Gasteiger partial charge in [0.2, 0.25) is 0 Å². The van der Waals surface area contributed by atoms with Crippen molar-refractivity contribution in [2.45, 2.75) is 46.1 Å². The predicted molar refractivity (Wildman–Crippen MR) is 87.1 cm³/mol. The van der Waals surface area contributed by atoms with E-state index in [4.69, 9.17) is 4.74 Å². The highest BCUT2D eigenvalue weighted by Crippen LogP contribution is 2.45. The molecule has 2 rings (SSSR count). The van der Waals surface area contributed by atoms with Gasteiger partial charge < -0.3 is 15.2 Å². The number of amides is 1. The van der Waals surface area contributed by atoms with E-state index in [-0.39, 0.29) is 22.8 Å². The number of ether oxygens (including phenoxy) is 1. The summed E-state index contributed by atoms with van der Waals surface area (Å²) in [4.78, 5) is 12.3. The first-order valence-corrected chi connectivity index (χ1v) is 7.83. The second kappa shape index (κ2) is 6.29. The standard InChI is InChI=1S/C18H27NO3/c1-17(2)9-14(20)10-18(3,11-17)12-19-16(21)13-5-7-15(22-4)8-6-13/h5-8,14,20H,9-12H2,1-4H3,(H,19,21). The molecule has 2 N–H and O–H groups in total. The van der Waals surface area contributed by atoms with Gasteiger partial charge in [-0.2, -0.15) is 0 Å². The van der Waals surface area contributed by atoms with E-state index in [9.17, 15) is 9.90 Å². The van der Waals surface area contributed by atoms with Gasteiger partial charge in [-0.15, -0.1) is 0 Å². The van der Waals surface area contributed by atoms with E-state index < -0.39 is 0 Å². The van der Waals surface area contributed by atoms with Gasteiger partial charge in [-0.05, 0) is 54.4 Å². The van der Waals surface area contributed by atoms with Crippen molar-refractivity contribution in [3.05, 3.63) is 29.8 Å². The number of aliphatic hydroxyl groups excluding tert-OH is 1. The maximum absolute atomic E-state index is 12.3. The molecule has 1 saturated carbocycles. The quantitative estimate of drug-likeness (QED) is 0.899. The average molecular weight is 305 g/mol. The lowest BCUT2D eigenvalue weighted by Gasteiger charge is -2.45. The molecule has 0 aliphatic heterocycles. The van der Waals surface area contributed by atoms with Crippen LogP contribution in [0.25, 0.3) is 0 Å². The lowest BCUT2D eigenvalue weighted by Crippen LogP contribution is -2.45. The smallest absolute Gasteiger partial charge is 0.251 e. The van der Waals surface area contributed by atoms with Gasteiger partial charge in [0.1, 0.15) is 5.75 Å². The minimum atomic E-state index is -0.286. The third kappa shape index (κ3) is 4.23. The number of carbonyl (C=O) groups excluding carboxylic acids is 1. The molecule has 122 valence electrons. The Balaban J connectivity index is 1.97. The van der Waals surface area contributed by atoms with Gasteiger partial charge >= 0.3 is 0 Å². The minimum absolute atomic E-state index is 0.0662. The number of nitrogens with one attached hydrogen (secondary N) is 1. The number of benzene rings is 1. The molecule has 1 aliphatic rings. The summed E-state index contributed by atoms with van der Waals surface area (Å²) >= 11 is 0. The summed E-state index contributed by atoms with van der Waals surface area (Å²) in [6, 6.07) is 7.08. The summed E-state index contributed by atoms with van der Waals surface area (Å²) in [6.45, 7) is 7.08. The van der Waals surface area contributed by atoms with E-state index in [2.05, 4.69) is 26.1 Å². The van der Waals surface area contributed by atoms with Crippen LogP contribution in [0, 0.1) is 10.8 Å². The van der Waals surface area contributed by atoms with Gasteiger partial charge in [-0.1, -0.05) is 20.8 Å². The Bertz CT molecular complexity index is 524. The van der Waals surface area contributed by atoms with Crippen molar-refractivity contribution in [3.8, 4) is 5.75 Å². The van der Waals surface area contributed by atoms with Crippen LogP contribution in [0.1, 0.15) is 50.4 Å². The molecule has 2 atom stereocenters. The lowest BCUT2D eigenvalue weighted by atomic mass is 9.63. The topological polar surface area (TPSA) is 58.6 Å². The van der Waals surface area contributed by atoms with Gasteiger partial charge in [-0.3, -0.25) is 4.79 Å². The summed E-state index contributed by atoms with van der Waals surface area (Å²) in [5.41, 5.74) is 0.667. The fourth-order valence-electron chi connectivity index (χ4n) is 3.85. The molecule has 2 unspecified atom stereocenters. The van der Waals surface area contributed by atoms with Crippen LogP contribution in [0.2, 0.25) is 0 Å². The highest BCUT2D eigenvalue weighted by Gasteiger charge is 2.40. The first-order valence-electron chi connectivity index (χ1n) is 7.83. The molecule has 0 radical (unpaired) electrons. The molecule has 0 aromatic heterocycles. The summed E-state index contributed by atoms with van der Waals surface area (Å²) in [7, 11) is 1.60. The normalized spacial score (nSPS) is 27.2. The minimum Gasteiger partial charge on any atom is -0.497 e. The molecule has 1 aromatic carbocycles. The SMILES string of the molecule is COc1ccc(C(=O)NCC2(C)CC(O)CC(C)(C)C2)cc1. The Morgan fingerprint density at radius 2 is 1.91 bits per heavy atom. The second-order valence-corrected chi connectivity index (χ2v) is 7.62. The number of rotatable bonds is 4. The summed E-state index contributed by atoms with van der Waals surface area (Å²) in [5.74, 6) is 0.655. The molecule has 1 fully saturated rings. The molecule has 22 heavy (non-hydrogen) atoms. The van der Waals surface area contributed by atoms with Crippen LogP contribution in [0.4, 0.5) is 0 Å². The van der Waals surface area contributed by atoms with Crippen LogP contribution < -0.4 is 10.1 Å². The maximum Gasteiger partial charge on any atom is 0.251 e. The van der Waals surface area contributed by atoms with Crippen molar-refractivity contribution in [2.75, 3.05) is 13.7 Å². The highest BCUT2D eigenvalue weighted by atomic mass is 16.5. The van der Waals surface area contributed by atoms with Gasteiger partial charge in [0.05, 0.1) is 13.2 Å². The predicted octanol–water partition coefficient (Wildman–Crippen LogP) is 3.00. The van der Waals surface area contributed by atoms with Gasteiger partial charge in [-0.25, -0.2) is 0 Å². The Hall–Kier alpha value is -1.55. The molecule has 0 bridgehead atoms. The van der Waals surface area contributed by atoms with Gasteiger partial charge in [0.15, 0.2) is 0 Å². The van der Waals surface area contributed by atoms with Crippen molar-refractivity contribution in [3.63, 3.8) is 0 Å². The molecule has 0 spiro atoms. The monoisotopic (exact) mass is 305 g/mol. The van der Waals surface area contributed by atoms with Crippen LogP contribution in [-0.2, 0) is 0 Å². The summed E-state index contributed by atoms with van der Waals surface area (Å²) < 4.78 is 5.10. The molecule has 1 amide bonds. The van der Waals surface area contributed by atoms with E-state index in [0.29, 0.717) is 12.1 Å². The molecule has 1 aliphatic carbocycles. The van der Waals surface area contributed by atoms with Crippen LogP contribution in [0.5, 0.6) is 5.75 Å². The zero-order valence-corrected chi connectivity index (χ0v) is 14.0. The van der Waals surface area contributed by atoms with E-state index in [1.807, 2.05) is 0 Å². The van der Waals surface area contributed by atoms with Gasteiger partial charge in [0, 0.05) is 12.1 Å². The van der Waals surface area contributed by atoms with E-state index in [0.717, 1.165) is 25.0 Å². The largest absolute Gasteiger partial charge is 0.497 e. The fraction of sp³-hybridized carbons (Fsp3) is 0.611. The zero-order chi connectivity index (χ0) is 16.4. The van der Waals surface area contributed by atoms with E-state index in [1.165, 1.54) is 0 Å². The molecule has 4 heteroatoms. The molecule has 0 saturated heterocycles. The molecule has 4 nitrogen and oxygen atoms in total. The second-order valence-electron chi connectivity index (χ2n) is 7.62. The zero-order valence-electron chi connectivity index (χ0n) is 14.0. The van der Waals surface area contributed by atoms with Crippen molar-refractivity contribution < 1.29 is 14.6 Å². The van der Waals surface area contributed by atoms with Crippen molar-refractivity contribution >= 4 is 5.91 Å². The van der Waals surface area contributed by atoms with Crippen molar-refractivity contribution in [1.82, 2.24) is 5.32 Å². The molecular formula is C18H27NO3. The number of methoxy groups -OCH3 is 1. The van der Waals surface area contributed by atoms with Gasteiger partial charge in [0.25, 0.3) is 5.91 Å². The molecule has 0 heterocycles. The van der Waals surface area contributed by atoms with E-state index in [1.54, 1.807) is 31.4 Å². The Morgan fingerprint density at radius 3 is 2.45 bits per heavy atom. The number of carbonyl (C=O) groups is 1. The number of hydrogen-bond acceptors (Lipinski definition) is 3. The number of aliphatic hydroxyl groups is 1. The Morgan fingerprint density at radius 1 is 1.27 bits per heavy atom. The van der Waals surface area contributed by atoms with Crippen molar-refractivity contribution in [1.29, 1.82) is 0 Å². The highest BCUT2D eigenvalue weighted by molar-refractivity contribution is 5.94. The third-order valence-electron chi connectivity index (χ3n) is 4.45. The van der Waals surface area contributed by atoms with Crippen molar-refractivity contribution in [2.24, 2.45) is 10.8 Å².